The number of anilines is 1. The Morgan fingerprint density at radius 1 is 1.14 bits per heavy atom. The predicted octanol–water partition coefficient (Wildman–Crippen LogP) is 5.47. The minimum absolute atomic E-state index is 0.130. The van der Waals surface area contributed by atoms with Crippen LogP contribution in [0.3, 0.4) is 0 Å². The second-order valence-electron chi connectivity index (χ2n) is 9.21. The molecule has 0 fully saturated rings. The standard InChI is InChI=1S/C27H27ClN4O4S/c1-17-6-5-13-32(37(3,34)35)24-16-31-23(15-22(17)24)25(27(33)29-2)26(30-31)18-9-11-20(12-10-18)36-21-8-4-7-19(28)14-21/h4,7-12,14-17H,5-6,13H2,1-3H3,(H,29,33). The third-order valence-corrected chi connectivity index (χ3v) is 8.01. The zero-order chi connectivity index (χ0) is 26.3. The van der Waals surface area contributed by atoms with Crippen LogP contribution in [0.25, 0.3) is 16.8 Å². The lowest BCUT2D eigenvalue weighted by Crippen LogP contribution is -2.31. The Kier molecular flexibility index (Phi) is 6.59. The molecule has 1 N–H and O–H groups in total. The molecule has 1 aliphatic rings. The van der Waals surface area contributed by atoms with E-state index in [2.05, 4.69) is 12.2 Å². The summed E-state index contributed by atoms with van der Waals surface area (Å²) in [5.74, 6) is 1.08. The average molecular weight is 539 g/mol. The number of fused-ring (bicyclic) bond motifs is 2. The fourth-order valence-corrected chi connectivity index (χ4v) is 5.91. The van der Waals surface area contributed by atoms with E-state index in [0.717, 1.165) is 24.0 Å². The number of hydrogen-bond donors (Lipinski definition) is 1. The highest BCUT2D eigenvalue weighted by molar-refractivity contribution is 7.92. The molecule has 5 rings (SSSR count). The van der Waals surface area contributed by atoms with Crippen LogP contribution in [-0.4, -0.2) is 43.8 Å². The second-order valence-corrected chi connectivity index (χ2v) is 11.6. The van der Waals surface area contributed by atoms with Gasteiger partial charge in [0.05, 0.1) is 29.2 Å². The molecular formula is C27H27ClN4O4S. The highest BCUT2D eigenvalue weighted by atomic mass is 35.5. The fraction of sp³-hybridized carbons (Fsp3) is 0.259. The number of ether oxygens (including phenoxy) is 1. The van der Waals surface area contributed by atoms with Gasteiger partial charge in [-0.1, -0.05) is 24.6 Å². The maximum Gasteiger partial charge on any atom is 0.255 e. The molecule has 8 nitrogen and oxygen atoms in total. The van der Waals surface area contributed by atoms with E-state index in [1.54, 1.807) is 42.0 Å². The molecule has 0 spiro atoms. The van der Waals surface area contributed by atoms with Gasteiger partial charge in [-0.25, -0.2) is 12.9 Å². The van der Waals surface area contributed by atoms with Crippen molar-refractivity contribution in [3.63, 3.8) is 0 Å². The van der Waals surface area contributed by atoms with Gasteiger partial charge in [-0.05, 0) is 72.9 Å². The number of nitrogens with zero attached hydrogens (tertiary/aromatic N) is 3. The quantitative estimate of drug-likeness (QED) is 0.364. The lowest BCUT2D eigenvalue weighted by Gasteiger charge is -2.23. The average Bonchev–Trinajstić information content (AvgIpc) is 3.14. The monoisotopic (exact) mass is 538 g/mol. The number of pyridine rings is 1. The summed E-state index contributed by atoms with van der Waals surface area (Å²) >= 11 is 6.05. The van der Waals surface area contributed by atoms with E-state index in [1.807, 2.05) is 30.3 Å². The van der Waals surface area contributed by atoms with Crippen molar-refractivity contribution in [2.75, 3.05) is 24.2 Å². The zero-order valence-electron chi connectivity index (χ0n) is 20.7. The molecule has 0 aliphatic carbocycles. The van der Waals surface area contributed by atoms with E-state index in [9.17, 15) is 13.2 Å². The largest absolute Gasteiger partial charge is 0.457 e. The Hall–Kier alpha value is -3.56. The Labute approximate surface area is 220 Å². The summed E-state index contributed by atoms with van der Waals surface area (Å²) < 4.78 is 34.1. The lowest BCUT2D eigenvalue weighted by molar-refractivity contribution is 0.0965. The number of hydrogen-bond acceptors (Lipinski definition) is 5. The summed E-state index contributed by atoms with van der Waals surface area (Å²) in [7, 11) is -1.90. The molecule has 0 saturated heterocycles. The Balaban J connectivity index is 1.62. The van der Waals surface area contributed by atoms with Crippen molar-refractivity contribution in [2.45, 2.75) is 25.7 Å². The number of sulfonamides is 1. The zero-order valence-corrected chi connectivity index (χ0v) is 22.3. The van der Waals surface area contributed by atoms with Crippen LogP contribution >= 0.6 is 11.6 Å². The molecule has 1 aliphatic heterocycles. The second kappa shape index (κ2) is 9.72. The van der Waals surface area contributed by atoms with Gasteiger partial charge in [-0.15, -0.1) is 0 Å². The highest BCUT2D eigenvalue weighted by Gasteiger charge is 2.29. The summed E-state index contributed by atoms with van der Waals surface area (Å²) in [4.78, 5) is 13.1. The Morgan fingerprint density at radius 2 is 1.89 bits per heavy atom. The number of carbonyl (C=O) groups is 1. The third-order valence-electron chi connectivity index (χ3n) is 6.59. The minimum atomic E-state index is -3.47. The molecular weight excluding hydrogens is 512 g/mol. The van der Waals surface area contributed by atoms with Crippen molar-refractivity contribution in [3.8, 4) is 22.8 Å². The van der Waals surface area contributed by atoms with E-state index in [-0.39, 0.29) is 11.8 Å². The minimum Gasteiger partial charge on any atom is -0.457 e. The summed E-state index contributed by atoms with van der Waals surface area (Å²) in [6, 6.07) is 16.3. The normalized spacial score (nSPS) is 15.8. The van der Waals surface area contributed by atoms with Gasteiger partial charge < -0.3 is 10.1 Å². The molecule has 0 bridgehead atoms. The van der Waals surface area contributed by atoms with Crippen molar-refractivity contribution >= 4 is 38.7 Å². The van der Waals surface area contributed by atoms with Gasteiger partial charge in [0.15, 0.2) is 0 Å². The number of benzene rings is 2. The SMILES string of the molecule is CNC(=O)c1c(-c2ccc(Oc3cccc(Cl)c3)cc2)nn2cc3c(cc12)C(C)CCCN3S(C)(=O)=O. The van der Waals surface area contributed by atoms with Crippen LogP contribution in [0, 0.1) is 0 Å². The van der Waals surface area contributed by atoms with Gasteiger partial charge in [0.1, 0.15) is 17.2 Å². The van der Waals surface area contributed by atoms with Crippen LogP contribution in [0.2, 0.25) is 5.02 Å². The van der Waals surface area contributed by atoms with E-state index in [0.29, 0.717) is 45.5 Å². The molecule has 1 amide bonds. The van der Waals surface area contributed by atoms with Crippen molar-refractivity contribution in [2.24, 2.45) is 0 Å². The van der Waals surface area contributed by atoms with Gasteiger partial charge >= 0.3 is 0 Å². The van der Waals surface area contributed by atoms with Crippen LogP contribution < -0.4 is 14.4 Å². The fourth-order valence-electron chi connectivity index (χ4n) is 4.76. The first-order chi connectivity index (χ1) is 17.7. The van der Waals surface area contributed by atoms with Crippen LogP contribution in [0.4, 0.5) is 5.69 Å². The maximum atomic E-state index is 13.1. The highest BCUT2D eigenvalue weighted by Crippen LogP contribution is 2.38. The Morgan fingerprint density at radius 3 is 2.57 bits per heavy atom. The molecule has 2 aromatic carbocycles. The molecule has 10 heteroatoms. The first-order valence-corrected chi connectivity index (χ1v) is 14.2. The number of nitrogens with one attached hydrogen (secondary N) is 1. The van der Waals surface area contributed by atoms with Crippen molar-refractivity contribution in [1.82, 2.24) is 14.9 Å². The van der Waals surface area contributed by atoms with E-state index < -0.39 is 10.0 Å². The van der Waals surface area contributed by atoms with Gasteiger partial charge in [0.25, 0.3) is 5.91 Å². The van der Waals surface area contributed by atoms with Crippen LogP contribution in [0.1, 0.15) is 41.6 Å². The molecule has 3 heterocycles. The molecule has 192 valence electrons. The first-order valence-electron chi connectivity index (χ1n) is 12.0. The third kappa shape index (κ3) is 4.89. The first kappa shape index (κ1) is 25.1. The topological polar surface area (TPSA) is 93.0 Å². The Bertz CT molecular complexity index is 1600. The van der Waals surface area contributed by atoms with Gasteiger partial charge in [0.2, 0.25) is 10.0 Å². The van der Waals surface area contributed by atoms with Crippen LogP contribution in [0.15, 0.2) is 60.8 Å². The van der Waals surface area contributed by atoms with Crippen LogP contribution in [0.5, 0.6) is 11.5 Å². The van der Waals surface area contributed by atoms with E-state index >= 15 is 0 Å². The molecule has 4 aromatic rings. The predicted molar refractivity (Wildman–Crippen MR) is 145 cm³/mol. The summed E-state index contributed by atoms with van der Waals surface area (Å²) in [5, 5.41) is 8.03. The van der Waals surface area contributed by atoms with Crippen molar-refractivity contribution in [1.29, 1.82) is 0 Å². The number of halogens is 1. The number of rotatable bonds is 5. The number of carbonyl (C=O) groups excluding carboxylic acids is 1. The molecule has 2 aromatic heterocycles. The molecule has 0 radical (unpaired) electrons. The molecule has 1 atom stereocenters. The smallest absolute Gasteiger partial charge is 0.255 e. The maximum absolute atomic E-state index is 13.1. The van der Waals surface area contributed by atoms with E-state index in [1.165, 1.54) is 10.6 Å². The molecule has 1 unspecified atom stereocenters. The van der Waals surface area contributed by atoms with E-state index in [4.69, 9.17) is 21.4 Å². The summed E-state index contributed by atoms with van der Waals surface area (Å²) in [6.45, 7) is 2.49. The van der Waals surface area contributed by atoms with Crippen LogP contribution in [-0.2, 0) is 10.0 Å². The van der Waals surface area contributed by atoms with Crippen molar-refractivity contribution < 1.29 is 17.9 Å². The number of amides is 1. The summed E-state index contributed by atoms with van der Waals surface area (Å²) in [5.41, 5.74) is 3.75. The summed E-state index contributed by atoms with van der Waals surface area (Å²) in [6.07, 6.45) is 4.54. The number of aromatic nitrogens is 2. The van der Waals surface area contributed by atoms with Gasteiger partial charge in [-0.3, -0.25) is 9.10 Å². The molecule has 0 saturated carbocycles. The lowest BCUT2D eigenvalue weighted by atomic mass is 9.96. The van der Waals surface area contributed by atoms with Gasteiger partial charge in [-0.2, -0.15) is 5.10 Å². The molecule has 37 heavy (non-hydrogen) atoms. The van der Waals surface area contributed by atoms with Gasteiger partial charge in [0, 0.05) is 24.2 Å². The van der Waals surface area contributed by atoms with Crippen molar-refractivity contribution in [3.05, 3.63) is 76.9 Å².